The zero-order valence-corrected chi connectivity index (χ0v) is 11.0. The summed E-state index contributed by atoms with van der Waals surface area (Å²) < 4.78 is 0. The smallest absolute Gasteiger partial charge is 0.293 e. The molecule has 1 N–H and O–H groups in total. The van der Waals surface area contributed by atoms with Gasteiger partial charge in [-0.2, -0.15) is 0 Å². The average molecular weight is 248 g/mol. The Labute approximate surface area is 107 Å². The zero-order valence-electron chi connectivity index (χ0n) is 11.0. The molecular weight excluding hydrogens is 228 g/mol. The first-order valence-electron chi connectivity index (χ1n) is 6.86. The van der Waals surface area contributed by atoms with Gasteiger partial charge in [0.1, 0.15) is 5.82 Å². The number of likely N-dealkylation sites (tertiary alicyclic amines) is 1. The van der Waals surface area contributed by atoms with Gasteiger partial charge in [-0.3, -0.25) is 9.89 Å². The number of aromatic nitrogens is 3. The van der Waals surface area contributed by atoms with Crippen molar-refractivity contribution < 1.29 is 4.79 Å². The van der Waals surface area contributed by atoms with Crippen LogP contribution >= 0.6 is 0 Å². The van der Waals surface area contributed by atoms with E-state index in [0.717, 1.165) is 25.3 Å². The van der Waals surface area contributed by atoms with E-state index in [1.807, 2.05) is 4.90 Å². The molecule has 0 aromatic carbocycles. The lowest BCUT2D eigenvalue weighted by molar-refractivity contribution is 0.0772. The molecule has 0 bridgehead atoms. The van der Waals surface area contributed by atoms with Gasteiger partial charge in [0, 0.05) is 19.0 Å². The van der Waals surface area contributed by atoms with Crippen molar-refractivity contribution in [1.29, 1.82) is 0 Å². The van der Waals surface area contributed by atoms with Crippen molar-refractivity contribution in [3.8, 4) is 0 Å². The number of aromatic amines is 1. The van der Waals surface area contributed by atoms with E-state index in [1.54, 1.807) is 0 Å². The molecule has 5 heteroatoms. The van der Waals surface area contributed by atoms with Crippen molar-refractivity contribution in [2.24, 2.45) is 11.8 Å². The maximum atomic E-state index is 12.3. The summed E-state index contributed by atoms with van der Waals surface area (Å²) in [4.78, 5) is 18.5. The predicted molar refractivity (Wildman–Crippen MR) is 67.2 cm³/mol. The summed E-state index contributed by atoms with van der Waals surface area (Å²) in [5, 5.41) is 6.96. The molecule has 1 saturated heterocycles. The Kier molecular flexibility index (Phi) is 2.84. The Hall–Kier alpha value is -1.39. The van der Waals surface area contributed by atoms with Gasteiger partial charge in [0.05, 0.1) is 0 Å². The number of hydrogen-bond donors (Lipinski definition) is 1. The van der Waals surface area contributed by atoms with Crippen molar-refractivity contribution in [1.82, 2.24) is 20.1 Å². The summed E-state index contributed by atoms with van der Waals surface area (Å²) in [6.07, 6.45) is 3.44. The summed E-state index contributed by atoms with van der Waals surface area (Å²) in [5.74, 6) is 2.99. The molecule has 1 saturated carbocycles. The van der Waals surface area contributed by atoms with Gasteiger partial charge in [-0.15, -0.1) is 5.10 Å². The maximum absolute atomic E-state index is 12.3. The first-order valence-corrected chi connectivity index (χ1v) is 6.86. The monoisotopic (exact) mass is 248 g/mol. The lowest BCUT2D eigenvalue weighted by Gasteiger charge is -2.16. The molecule has 1 aromatic heterocycles. The Morgan fingerprint density at radius 3 is 2.78 bits per heavy atom. The molecule has 0 spiro atoms. The molecule has 1 unspecified atom stereocenters. The molecule has 1 amide bonds. The predicted octanol–water partition coefficient (Wildman–Crippen LogP) is 1.80. The van der Waals surface area contributed by atoms with Crippen LogP contribution in [-0.2, 0) is 0 Å². The van der Waals surface area contributed by atoms with Crippen LogP contribution in [0.15, 0.2) is 0 Å². The quantitative estimate of drug-likeness (QED) is 0.887. The Morgan fingerprint density at radius 1 is 1.39 bits per heavy atom. The first kappa shape index (κ1) is 11.7. The summed E-state index contributed by atoms with van der Waals surface area (Å²) in [6, 6.07) is 0. The fourth-order valence-corrected chi connectivity index (χ4v) is 2.57. The number of nitrogens with one attached hydrogen (secondary N) is 1. The van der Waals surface area contributed by atoms with Crippen LogP contribution in [0.5, 0.6) is 0 Å². The number of rotatable bonds is 3. The Balaban J connectivity index is 1.66. The molecule has 18 heavy (non-hydrogen) atoms. The summed E-state index contributed by atoms with van der Waals surface area (Å²) in [7, 11) is 0. The second-order valence-corrected chi connectivity index (χ2v) is 5.86. The van der Waals surface area contributed by atoms with Gasteiger partial charge in [-0.25, -0.2) is 4.98 Å². The zero-order chi connectivity index (χ0) is 12.7. The van der Waals surface area contributed by atoms with Gasteiger partial charge in [0.25, 0.3) is 5.91 Å². The van der Waals surface area contributed by atoms with E-state index in [1.165, 1.54) is 12.8 Å². The van der Waals surface area contributed by atoms with E-state index in [9.17, 15) is 4.79 Å². The van der Waals surface area contributed by atoms with E-state index in [4.69, 9.17) is 0 Å². The van der Waals surface area contributed by atoms with E-state index in [2.05, 4.69) is 29.0 Å². The summed E-state index contributed by atoms with van der Waals surface area (Å²) in [6.45, 7) is 6.13. The fourth-order valence-electron chi connectivity index (χ4n) is 2.57. The van der Waals surface area contributed by atoms with Crippen LogP contribution in [-0.4, -0.2) is 39.1 Å². The molecule has 1 aliphatic carbocycles. The van der Waals surface area contributed by atoms with Crippen LogP contribution in [0.2, 0.25) is 0 Å². The molecule has 2 heterocycles. The van der Waals surface area contributed by atoms with Gasteiger partial charge in [-0.05, 0) is 31.1 Å². The molecule has 2 aliphatic rings. The van der Waals surface area contributed by atoms with Crippen LogP contribution in [0.25, 0.3) is 0 Å². The third-order valence-corrected chi connectivity index (χ3v) is 4.11. The van der Waals surface area contributed by atoms with E-state index >= 15 is 0 Å². The maximum Gasteiger partial charge on any atom is 0.293 e. The lowest BCUT2D eigenvalue weighted by atomic mass is 9.95. The van der Waals surface area contributed by atoms with Crippen molar-refractivity contribution in [2.75, 3.05) is 13.1 Å². The first-order chi connectivity index (χ1) is 8.65. The second kappa shape index (κ2) is 4.37. The van der Waals surface area contributed by atoms with Crippen LogP contribution in [0.1, 0.15) is 55.5 Å². The molecule has 5 nitrogen and oxygen atoms in total. The largest absolute Gasteiger partial charge is 0.336 e. The van der Waals surface area contributed by atoms with Gasteiger partial charge in [0.2, 0.25) is 5.82 Å². The summed E-state index contributed by atoms with van der Waals surface area (Å²) >= 11 is 0. The minimum Gasteiger partial charge on any atom is -0.336 e. The van der Waals surface area contributed by atoms with E-state index < -0.39 is 0 Å². The van der Waals surface area contributed by atoms with Gasteiger partial charge < -0.3 is 4.90 Å². The molecular formula is C13H20N4O. The molecule has 3 rings (SSSR count). The van der Waals surface area contributed by atoms with E-state index in [0.29, 0.717) is 23.6 Å². The van der Waals surface area contributed by atoms with E-state index in [-0.39, 0.29) is 5.91 Å². The van der Waals surface area contributed by atoms with Crippen LogP contribution in [0.4, 0.5) is 0 Å². The third-order valence-electron chi connectivity index (χ3n) is 4.11. The van der Waals surface area contributed by atoms with Gasteiger partial charge >= 0.3 is 0 Å². The van der Waals surface area contributed by atoms with Crippen LogP contribution in [0.3, 0.4) is 0 Å². The SMILES string of the molecule is CC(C)C1CCN(C(=O)c2n[nH]c(C3CC3)n2)C1. The highest BCUT2D eigenvalue weighted by atomic mass is 16.2. The van der Waals surface area contributed by atoms with Crippen LogP contribution in [0, 0.1) is 11.8 Å². The minimum absolute atomic E-state index is 0.0127. The van der Waals surface area contributed by atoms with Crippen molar-refractivity contribution in [3.05, 3.63) is 11.6 Å². The normalized spacial score (nSPS) is 23.9. The number of amides is 1. The molecule has 1 aliphatic heterocycles. The number of carbonyl (C=O) groups excluding carboxylic acids is 1. The number of carbonyl (C=O) groups is 1. The van der Waals surface area contributed by atoms with Crippen LogP contribution < -0.4 is 0 Å². The Bertz CT molecular complexity index is 450. The summed E-state index contributed by atoms with van der Waals surface area (Å²) in [5.41, 5.74) is 0. The molecule has 1 aromatic rings. The third kappa shape index (κ3) is 2.13. The topological polar surface area (TPSA) is 61.9 Å². The molecule has 98 valence electrons. The highest BCUT2D eigenvalue weighted by Gasteiger charge is 2.32. The fraction of sp³-hybridized carbons (Fsp3) is 0.769. The lowest BCUT2D eigenvalue weighted by Crippen LogP contribution is -2.30. The van der Waals surface area contributed by atoms with Gasteiger partial charge in [0.15, 0.2) is 0 Å². The molecule has 0 radical (unpaired) electrons. The Morgan fingerprint density at radius 2 is 2.17 bits per heavy atom. The standard InChI is InChI=1S/C13H20N4O/c1-8(2)10-5-6-17(7-10)13(18)12-14-11(15-16-12)9-3-4-9/h8-10H,3-7H2,1-2H3,(H,14,15,16). The number of nitrogens with zero attached hydrogens (tertiary/aromatic N) is 3. The van der Waals surface area contributed by atoms with Crippen molar-refractivity contribution in [3.63, 3.8) is 0 Å². The highest BCUT2D eigenvalue weighted by Crippen LogP contribution is 2.37. The molecule has 1 atom stereocenters. The van der Waals surface area contributed by atoms with Crippen molar-refractivity contribution >= 4 is 5.91 Å². The average Bonchev–Trinajstić information content (AvgIpc) is 2.92. The van der Waals surface area contributed by atoms with Gasteiger partial charge in [-0.1, -0.05) is 13.8 Å². The minimum atomic E-state index is -0.0127. The number of H-pyrrole nitrogens is 1. The molecule has 2 fully saturated rings. The number of hydrogen-bond acceptors (Lipinski definition) is 3. The second-order valence-electron chi connectivity index (χ2n) is 5.86. The highest BCUT2D eigenvalue weighted by molar-refractivity contribution is 5.90. The van der Waals surface area contributed by atoms with Crippen molar-refractivity contribution in [2.45, 2.75) is 39.0 Å².